The highest BCUT2D eigenvalue weighted by Gasteiger charge is 2.29. The van der Waals surface area contributed by atoms with Gasteiger partial charge in [-0.2, -0.15) is 0 Å². The Morgan fingerprint density at radius 1 is 1.19 bits per heavy atom. The van der Waals surface area contributed by atoms with Crippen LogP contribution in [0, 0.1) is 12.8 Å². The summed E-state index contributed by atoms with van der Waals surface area (Å²) in [7, 11) is 1.64. The molecule has 2 aromatic heterocycles. The van der Waals surface area contributed by atoms with E-state index in [1.807, 2.05) is 49.5 Å². The van der Waals surface area contributed by atoms with E-state index in [9.17, 15) is 9.59 Å². The van der Waals surface area contributed by atoms with Crippen LogP contribution in [-0.4, -0.2) is 34.9 Å². The van der Waals surface area contributed by atoms with Gasteiger partial charge in [0.25, 0.3) is 5.91 Å². The maximum Gasteiger partial charge on any atom is 0.290 e. The molecule has 1 N–H and O–H groups in total. The summed E-state index contributed by atoms with van der Waals surface area (Å²) >= 11 is 0. The van der Waals surface area contributed by atoms with E-state index in [2.05, 4.69) is 9.88 Å². The number of hydrogen-bond acceptors (Lipinski definition) is 3. The lowest BCUT2D eigenvalue weighted by molar-refractivity contribution is -0.121. The quantitative estimate of drug-likeness (QED) is 0.776. The van der Waals surface area contributed by atoms with E-state index in [-0.39, 0.29) is 17.7 Å². The van der Waals surface area contributed by atoms with Crippen LogP contribution < -0.4 is 5.32 Å². The topological polar surface area (TPSA) is 67.5 Å². The van der Waals surface area contributed by atoms with Crippen LogP contribution in [0.1, 0.15) is 28.2 Å². The minimum atomic E-state index is -0.125. The zero-order valence-electron chi connectivity index (χ0n) is 15.6. The Balaban J connectivity index is 1.67. The van der Waals surface area contributed by atoms with E-state index in [0.717, 1.165) is 28.8 Å². The molecule has 0 saturated heterocycles. The van der Waals surface area contributed by atoms with Crippen LogP contribution in [0.3, 0.4) is 0 Å². The van der Waals surface area contributed by atoms with E-state index in [1.54, 1.807) is 11.9 Å². The molecule has 0 aliphatic carbocycles. The minimum absolute atomic E-state index is 0.0112. The summed E-state index contributed by atoms with van der Waals surface area (Å²) in [5, 5.41) is 3.64. The van der Waals surface area contributed by atoms with Crippen molar-refractivity contribution in [3.05, 3.63) is 59.6 Å². The number of fused-ring (bicyclic) bond motifs is 2. The van der Waals surface area contributed by atoms with Crippen molar-refractivity contribution in [1.29, 1.82) is 0 Å². The summed E-state index contributed by atoms with van der Waals surface area (Å²) in [6.45, 7) is 3.66. The third-order valence-corrected chi connectivity index (χ3v) is 5.29. The van der Waals surface area contributed by atoms with Gasteiger partial charge in [-0.15, -0.1) is 0 Å². The highest BCUT2D eigenvalue weighted by atomic mass is 16.3. The first-order chi connectivity index (χ1) is 13.1. The number of amides is 2. The van der Waals surface area contributed by atoms with Gasteiger partial charge >= 0.3 is 0 Å². The fraction of sp³-hybridized carbons (Fsp3) is 0.333. The number of para-hydroxylation sites is 1. The van der Waals surface area contributed by atoms with Crippen molar-refractivity contribution in [1.82, 2.24) is 14.8 Å². The van der Waals surface area contributed by atoms with E-state index in [0.29, 0.717) is 25.3 Å². The van der Waals surface area contributed by atoms with E-state index >= 15 is 0 Å². The number of benzene rings is 1. The maximum atomic E-state index is 13.3. The normalized spacial score (nSPS) is 16.8. The fourth-order valence-electron chi connectivity index (χ4n) is 3.85. The molecule has 0 fully saturated rings. The molecule has 0 radical (unpaired) electrons. The predicted molar refractivity (Wildman–Crippen MR) is 102 cm³/mol. The summed E-state index contributed by atoms with van der Waals surface area (Å²) < 4.78 is 8.02. The monoisotopic (exact) mass is 365 g/mol. The number of nitrogens with one attached hydrogen (secondary N) is 1. The standard InChI is InChI=1S/C21H23N3O3/c1-14-17-7-3-4-8-18(17)27-20(14)21(26)24-12-15(10-19(25)22-2)11-23-9-5-6-16(23)13-24/h3-9,15H,10-13H2,1-2H3,(H,22,25). The zero-order valence-corrected chi connectivity index (χ0v) is 15.6. The van der Waals surface area contributed by atoms with Crippen molar-refractivity contribution in [2.75, 3.05) is 13.6 Å². The number of rotatable bonds is 3. The molecule has 1 aromatic carbocycles. The molecule has 140 valence electrons. The first kappa shape index (κ1) is 17.4. The highest BCUT2D eigenvalue weighted by molar-refractivity contribution is 5.99. The maximum absolute atomic E-state index is 13.3. The molecule has 3 heterocycles. The predicted octanol–water partition coefficient (Wildman–Crippen LogP) is 2.95. The van der Waals surface area contributed by atoms with Crippen LogP contribution in [0.5, 0.6) is 0 Å². The van der Waals surface area contributed by atoms with Crippen molar-refractivity contribution in [2.24, 2.45) is 5.92 Å². The number of carbonyl (C=O) groups excluding carboxylic acids is 2. The van der Waals surface area contributed by atoms with E-state index in [4.69, 9.17) is 4.42 Å². The summed E-state index contributed by atoms with van der Waals surface area (Å²) in [5.41, 5.74) is 2.65. The van der Waals surface area contributed by atoms with Gasteiger partial charge < -0.3 is 19.2 Å². The van der Waals surface area contributed by atoms with Gasteiger partial charge in [-0.05, 0) is 25.1 Å². The number of aryl methyl sites for hydroxylation is 1. The van der Waals surface area contributed by atoms with E-state index < -0.39 is 0 Å². The lowest BCUT2D eigenvalue weighted by Crippen LogP contribution is -2.35. The molecule has 1 unspecified atom stereocenters. The Kier molecular flexibility index (Phi) is 4.48. The molecule has 1 atom stereocenters. The van der Waals surface area contributed by atoms with Crippen LogP contribution in [0.15, 0.2) is 47.0 Å². The second-order valence-electron chi connectivity index (χ2n) is 7.13. The van der Waals surface area contributed by atoms with Gasteiger partial charge in [0.2, 0.25) is 5.91 Å². The minimum Gasteiger partial charge on any atom is -0.451 e. The first-order valence-electron chi connectivity index (χ1n) is 9.19. The second-order valence-corrected chi connectivity index (χ2v) is 7.13. The van der Waals surface area contributed by atoms with Gasteiger partial charge in [0.05, 0.1) is 6.54 Å². The number of carbonyl (C=O) groups is 2. The molecule has 6 nitrogen and oxygen atoms in total. The SMILES string of the molecule is CNC(=O)CC1CN(C(=O)c2oc3ccccc3c2C)Cc2cccn2C1. The molecule has 0 spiro atoms. The van der Waals surface area contributed by atoms with Crippen molar-refractivity contribution in [3.63, 3.8) is 0 Å². The molecular formula is C21H23N3O3. The summed E-state index contributed by atoms with van der Waals surface area (Å²) in [6.07, 6.45) is 2.39. The van der Waals surface area contributed by atoms with Crippen molar-refractivity contribution in [2.45, 2.75) is 26.4 Å². The van der Waals surface area contributed by atoms with Crippen LogP contribution in [-0.2, 0) is 17.9 Å². The molecule has 6 heteroatoms. The van der Waals surface area contributed by atoms with Crippen LogP contribution in [0.25, 0.3) is 11.0 Å². The molecule has 0 bridgehead atoms. The molecule has 1 aliphatic heterocycles. The number of furan rings is 1. The Bertz CT molecular complexity index is 1000. The van der Waals surface area contributed by atoms with E-state index in [1.165, 1.54) is 0 Å². The Morgan fingerprint density at radius 2 is 2.00 bits per heavy atom. The van der Waals surface area contributed by atoms with Crippen molar-refractivity contribution in [3.8, 4) is 0 Å². The molecule has 27 heavy (non-hydrogen) atoms. The smallest absolute Gasteiger partial charge is 0.290 e. The fourth-order valence-corrected chi connectivity index (χ4v) is 3.85. The summed E-state index contributed by atoms with van der Waals surface area (Å²) in [6, 6.07) is 11.7. The zero-order chi connectivity index (χ0) is 19.0. The van der Waals surface area contributed by atoms with Crippen LogP contribution >= 0.6 is 0 Å². The summed E-state index contributed by atoms with van der Waals surface area (Å²) in [4.78, 5) is 27.0. The van der Waals surface area contributed by atoms with Crippen molar-refractivity contribution >= 4 is 22.8 Å². The molecule has 1 aliphatic rings. The van der Waals surface area contributed by atoms with Gasteiger partial charge in [-0.1, -0.05) is 18.2 Å². The van der Waals surface area contributed by atoms with Crippen molar-refractivity contribution < 1.29 is 14.0 Å². The Labute approximate surface area is 157 Å². The molecular weight excluding hydrogens is 342 g/mol. The molecule has 2 amide bonds. The molecule has 4 rings (SSSR count). The lowest BCUT2D eigenvalue weighted by Gasteiger charge is -2.23. The van der Waals surface area contributed by atoms with Gasteiger partial charge in [0.1, 0.15) is 5.58 Å². The third-order valence-electron chi connectivity index (χ3n) is 5.29. The second kappa shape index (κ2) is 6.95. The highest BCUT2D eigenvalue weighted by Crippen LogP contribution is 2.28. The molecule has 3 aromatic rings. The number of aromatic nitrogens is 1. The lowest BCUT2D eigenvalue weighted by atomic mass is 10.0. The molecule has 0 saturated carbocycles. The average Bonchev–Trinajstić information content (AvgIpc) is 3.20. The van der Waals surface area contributed by atoms with Gasteiger partial charge in [-0.3, -0.25) is 9.59 Å². The first-order valence-corrected chi connectivity index (χ1v) is 9.19. The van der Waals surface area contributed by atoms with Crippen LogP contribution in [0.4, 0.5) is 0 Å². The third kappa shape index (κ3) is 3.23. The van der Waals surface area contributed by atoms with Gasteiger partial charge in [-0.25, -0.2) is 0 Å². The number of nitrogens with zero attached hydrogens (tertiary/aromatic N) is 2. The Morgan fingerprint density at radius 3 is 2.78 bits per heavy atom. The van der Waals surface area contributed by atoms with Crippen LogP contribution in [0.2, 0.25) is 0 Å². The average molecular weight is 365 g/mol. The Hall–Kier alpha value is -3.02. The largest absolute Gasteiger partial charge is 0.451 e. The van der Waals surface area contributed by atoms with Gasteiger partial charge in [0, 0.05) is 55.3 Å². The summed E-state index contributed by atoms with van der Waals surface area (Å²) in [5.74, 6) is 0.297. The number of hydrogen-bond donors (Lipinski definition) is 1. The van der Waals surface area contributed by atoms with Gasteiger partial charge in [0.15, 0.2) is 5.76 Å².